The van der Waals surface area contributed by atoms with Gasteiger partial charge in [0.2, 0.25) is 0 Å². The molecule has 1 aromatic carbocycles. The van der Waals surface area contributed by atoms with E-state index >= 15 is 0 Å². The van der Waals surface area contributed by atoms with Gasteiger partial charge in [-0.3, -0.25) is 0 Å². The number of allylic oxidation sites excluding steroid dienone is 1. The van der Waals surface area contributed by atoms with Crippen LogP contribution in [-0.2, 0) is 19.9 Å². The molecule has 1 aliphatic carbocycles. The third-order valence-corrected chi connectivity index (χ3v) is 3.40. The number of hydrogen-bond acceptors (Lipinski definition) is 3. The first-order valence-corrected chi connectivity index (χ1v) is 6.47. The molecule has 0 spiro atoms. The minimum atomic E-state index is -4.93. The van der Waals surface area contributed by atoms with E-state index in [1.807, 2.05) is 0 Å². The second-order valence-corrected chi connectivity index (χ2v) is 4.70. The van der Waals surface area contributed by atoms with Crippen LogP contribution in [0.1, 0.15) is 18.4 Å². The Morgan fingerprint density at radius 3 is 2.38 bits per heavy atom. The SMILES string of the molecule is CO[C@@](C(=O)OC1C=CCC1)(c1ccccc1)C(F)(F)F. The third-order valence-electron chi connectivity index (χ3n) is 3.40. The van der Waals surface area contributed by atoms with Gasteiger partial charge in [-0.25, -0.2) is 4.79 Å². The summed E-state index contributed by atoms with van der Waals surface area (Å²) in [5.74, 6) is -1.44. The summed E-state index contributed by atoms with van der Waals surface area (Å²) in [5.41, 5.74) is -3.41. The van der Waals surface area contributed by atoms with Crippen LogP contribution in [0.2, 0.25) is 0 Å². The highest BCUT2D eigenvalue weighted by Crippen LogP contribution is 2.43. The summed E-state index contributed by atoms with van der Waals surface area (Å²) >= 11 is 0. The zero-order valence-electron chi connectivity index (χ0n) is 11.4. The molecule has 1 aromatic rings. The van der Waals surface area contributed by atoms with Crippen molar-refractivity contribution in [1.82, 2.24) is 0 Å². The van der Waals surface area contributed by atoms with Gasteiger partial charge in [-0.15, -0.1) is 0 Å². The van der Waals surface area contributed by atoms with Gasteiger partial charge in [0.25, 0.3) is 5.60 Å². The second kappa shape index (κ2) is 5.89. The van der Waals surface area contributed by atoms with Crippen LogP contribution in [0.3, 0.4) is 0 Å². The molecule has 2 atom stereocenters. The molecule has 0 amide bonds. The zero-order chi connectivity index (χ0) is 15.5. The number of esters is 1. The minimum Gasteiger partial charge on any atom is -0.455 e. The lowest BCUT2D eigenvalue weighted by Crippen LogP contribution is -2.52. The standard InChI is InChI=1S/C15H15F3O3/c1-20-14(15(16,17)18,11-7-3-2-4-8-11)13(19)21-12-9-5-6-10-12/h2-5,7-9,12H,6,10H2,1H3/t12?,14-/m1/s1. The number of alkyl halides is 3. The molecule has 6 heteroatoms. The molecule has 0 aromatic heterocycles. The Kier molecular flexibility index (Phi) is 4.37. The molecule has 21 heavy (non-hydrogen) atoms. The zero-order valence-corrected chi connectivity index (χ0v) is 11.4. The molecule has 0 bridgehead atoms. The van der Waals surface area contributed by atoms with Crippen LogP contribution in [0.5, 0.6) is 0 Å². The fourth-order valence-corrected chi connectivity index (χ4v) is 2.31. The average Bonchev–Trinajstić information content (AvgIpc) is 2.92. The summed E-state index contributed by atoms with van der Waals surface area (Å²) in [5, 5.41) is 0. The molecule has 0 radical (unpaired) electrons. The summed E-state index contributed by atoms with van der Waals surface area (Å²) in [4.78, 5) is 12.2. The Bertz CT molecular complexity index is 525. The molecule has 3 nitrogen and oxygen atoms in total. The predicted molar refractivity (Wildman–Crippen MR) is 69.4 cm³/mol. The highest BCUT2D eigenvalue weighted by atomic mass is 19.4. The highest BCUT2D eigenvalue weighted by molar-refractivity contribution is 5.83. The van der Waals surface area contributed by atoms with Crippen molar-refractivity contribution >= 4 is 5.97 Å². The van der Waals surface area contributed by atoms with Crippen LogP contribution in [0.25, 0.3) is 0 Å². The monoisotopic (exact) mass is 300 g/mol. The molecule has 1 unspecified atom stereocenters. The highest BCUT2D eigenvalue weighted by Gasteiger charge is 2.64. The Labute approximate surface area is 120 Å². The normalized spacial score (nSPS) is 21.0. The Morgan fingerprint density at radius 2 is 1.90 bits per heavy atom. The lowest BCUT2D eigenvalue weighted by Gasteiger charge is -2.33. The van der Waals surface area contributed by atoms with E-state index in [4.69, 9.17) is 4.74 Å². The number of methoxy groups -OCH3 is 1. The van der Waals surface area contributed by atoms with Crippen molar-refractivity contribution in [3.63, 3.8) is 0 Å². The van der Waals surface area contributed by atoms with Crippen LogP contribution >= 0.6 is 0 Å². The van der Waals surface area contributed by atoms with Gasteiger partial charge in [-0.1, -0.05) is 36.4 Å². The van der Waals surface area contributed by atoms with Crippen molar-refractivity contribution in [2.45, 2.75) is 30.7 Å². The maximum atomic E-state index is 13.5. The van der Waals surface area contributed by atoms with Gasteiger partial charge in [0.05, 0.1) is 0 Å². The van der Waals surface area contributed by atoms with Crippen molar-refractivity contribution < 1.29 is 27.4 Å². The number of carbonyl (C=O) groups is 1. The average molecular weight is 300 g/mol. The van der Waals surface area contributed by atoms with E-state index in [-0.39, 0.29) is 5.56 Å². The van der Waals surface area contributed by atoms with Gasteiger partial charge < -0.3 is 9.47 Å². The largest absolute Gasteiger partial charge is 0.455 e. The number of benzene rings is 1. The first kappa shape index (κ1) is 15.6. The number of hydrogen-bond donors (Lipinski definition) is 0. The number of rotatable bonds is 4. The molecule has 0 fully saturated rings. The van der Waals surface area contributed by atoms with E-state index in [0.29, 0.717) is 12.8 Å². The smallest absolute Gasteiger partial charge is 0.432 e. The Balaban J connectivity index is 2.40. The summed E-state index contributed by atoms with van der Waals surface area (Å²) in [7, 11) is 0.853. The topological polar surface area (TPSA) is 35.5 Å². The minimum absolute atomic E-state index is 0.299. The van der Waals surface area contributed by atoms with Crippen molar-refractivity contribution in [3.05, 3.63) is 48.0 Å². The van der Waals surface area contributed by atoms with Crippen molar-refractivity contribution in [1.29, 1.82) is 0 Å². The third kappa shape index (κ3) is 2.81. The van der Waals surface area contributed by atoms with Crippen LogP contribution in [0.4, 0.5) is 13.2 Å². The summed E-state index contributed by atoms with van der Waals surface area (Å²) in [6, 6.07) is 6.78. The molecular formula is C15H15F3O3. The maximum absolute atomic E-state index is 13.5. The van der Waals surface area contributed by atoms with Crippen molar-refractivity contribution in [3.8, 4) is 0 Å². The molecule has 0 N–H and O–H groups in total. The lowest BCUT2D eigenvalue weighted by atomic mass is 9.92. The molecule has 114 valence electrons. The number of ether oxygens (including phenoxy) is 2. The molecule has 0 heterocycles. The molecular weight excluding hydrogens is 285 g/mol. The molecule has 0 saturated carbocycles. The fourth-order valence-electron chi connectivity index (χ4n) is 2.31. The van der Waals surface area contributed by atoms with Crippen LogP contribution in [0, 0.1) is 0 Å². The lowest BCUT2D eigenvalue weighted by molar-refractivity contribution is -0.277. The molecule has 1 aliphatic rings. The van der Waals surface area contributed by atoms with E-state index in [0.717, 1.165) is 7.11 Å². The van der Waals surface area contributed by atoms with E-state index in [9.17, 15) is 18.0 Å². The molecule has 0 saturated heterocycles. The first-order valence-electron chi connectivity index (χ1n) is 6.47. The van der Waals surface area contributed by atoms with E-state index in [1.165, 1.54) is 24.3 Å². The number of carbonyl (C=O) groups excluding carboxylic acids is 1. The number of halogens is 3. The van der Waals surface area contributed by atoms with Crippen molar-refractivity contribution in [2.24, 2.45) is 0 Å². The van der Waals surface area contributed by atoms with Gasteiger partial charge in [0.1, 0.15) is 6.10 Å². The Morgan fingerprint density at radius 1 is 1.24 bits per heavy atom. The predicted octanol–water partition coefficient (Wildman–Crippen LogP) is 3.35. The molecule has 0 aliphatic heterocycles. The van der Waals surface area contributed by atoms with Crippen LogP contribution in [0.15, 0.2) is 42.5 Å². The first-order chi connectivity index (χ1) is 9.91. The molecule has 2 rings (SSSR count). The van der Waals surface area contributed by atoms with Crippen LogP contribution < -0.4 is 0 Å². The van der Waals surface area contributed by atoms with E-state index in [1.54, 1.807) is 18.2 Å². The van der Waals surface area contributed by atoms with E-state index in [2.05, 4.69) is 4.74 Å². The summed E-state index contributed by atoms with van der Waals surface area (Å²) in [6.45, 7) is 0. The summed E-state index contributed by atoms with van der Waals surface area (Å²) < 4.78 is 50.2. The van der Waals surface area contributed by atoms with Gasteiger partial charge in [0.15, 0.2) is 0 Å². The van der Waals surface area contributed by atoms with Gasteiger partial charge >= 0.3 is 12.1 Å². The second-order valence-electron chi connectivity index (χ2n) is 4.70. The Hall–Kier alpha value is -1.82. The van der Waals surface area contributed by atoms with Gasteiger partial charge in [0, 0.05) is 12.7 Å². The fraction of sp³-hybridized carbons (Fsp3) is 0.400. The maximum Gasteiger partial charge on any atom is 0.432 e. The van der Waals surface area contributed by atoms with E-state index < -0.39 is 23.9 Å². The van der Waals surface area contributed by atoms with Crippen molar-refractivity contribution in [2.75, 3.05) is 7.11 Å². The summed E-state index contributed by atoms with van der Waals surface area (Å²) in [6.07, 6.45) is -1.06. The van der Waals surface area contributed by atoms with Gasteiger partial charge in [-0.2, -0.15) is 13.2 Å². The van der Waals surface area contributed by atoms with Gasteiger partial charge in [-0.05, 0) is 18.9 Å². The quantitative estimate of drug-likeness (QED) is 0.632. The van der Waals surface area contributed by atoms with Crippen LogP contribution in [-0.4, -0.2) is 25.4 Å².